The van der Waals surface area contributed by atoms with Crippen LogP contribution < -0.4 is 5.73 Å². The Morgan fingerprint density at radius 2 is 2.20 bits per heavy atom. The van der Waals surface area contributed by atoms with E-state index in [0.717, 1.165) is 36.1 Å². The molecule has 5 nitrogen and oxygen atoms in total. The van der Waals surface area contributed by atoms with Gasteiger partial charge in [0.1, 0.15) is 17.9 Å². The van der Waals surface area contributed by atoms with E-state index >= 15 is 0 Å². The number of ether oxygens (including phenoxy) is 1. The number of aromatic nitrogens is 2. The summed E-state index contributed by atoms with van der Waals surface area (Å²) in [5.41, 5.74) is 8.12. The fourth-order valence-corrected chi connectivity index (χ4v) is 2.20. The van der Waals surface area contributed by atoms with Gasteiger partial charge in [-0.3, -0.25) is 4.79 Å². The molecule has 1 heterocycles. The van der Waals surface area contributed by atoms with Crippen molar-refractivity contribution < 1.29 is 9.53 Å². The first-order valence-corrected chi connectivity index (χ1v) is 7.00. The maximum Gasteiger partial charge on any atom is 0.326 e. The number of rotatable bonds is 6. The van der Waals surface area contributed by atoms with Crippen LogP contribution in [-0.2, 0) is 16.1 Å². The number of carbonyl (C=O) groups is 1. The molecule has 0 amide bonds. The topological polar surface area (TPSA) is 70.1 Å². The normalized spacial score (nSPS) is 10.9. The number of unbranched alkanes of at least 4 members (excludes halogenated alkanes) is 2. The average molecular weight is 275 g/mol. The lowest BCUT2D eigenvalue weighted by Gasteiger charge is -2.07. The molecule has 0 spiro atoms. The molecule has 0 saturated heterocycles. The van der Waals surface area contributed by atoms with E-state index in [1.807, 2.05) is 29.7 Å². The Balaban J connectivity index is 2.08. The van der Waals surface area contributed by atoms with Crippen LogP contribution in [0.15, 0.2) is 18.2 Å². The van der Waals surface area contributed by atoms with Crippen LogP contribution in [0, 0.1) is 6.92 Å². The zero-order valence-corrected chi connectivity index (χ0v) is 12.1. The van der Waals surface area contributed by atoms with Crippen molar-refractivity contribution in [2.45, 2.75) is 39.7 Å². The summed E-state index contributed by atoms with van der Waals surface area (Å²) < 4.78 is 7.07. The van der Waals surface area contributed by atoms with E-state index in [0.29, 0.717) is 12.3 Å². The van der Waals surface area contributed by atoms with Gasteiger partial charge in [-0.1, -0.05) is 25.8 Å². The minimum Gasteiger partial charge on any atom is -0.464 e. The highest BCUT2D eigenvalue weighted by Crippen LogP contribution is 2.21. The van der Waals surface area contributed by atoms with Gasteiger partial charge in [-0.05, 0) is 25.5 Å². The molecule has 0 atom stereocenters. The third-order valence-electron chi connectivity index (χ3n) is 3.30. The third kappa shape index (κ3) is 3.10. The standard InChI is InChI=1S/C15H21N3O2/c1-3-4-5-9-20-14(19)10-18-11(2)17-15-12(16)7-6-8-13(15)18/h6-8H,3-5,9-10,16H2,1-2H3. The van der Waals surface area contributed by atoms with Crippen molar-refractivity contribution in [1.82, 2.24) is 9.55 Å². The molecule has 0 bridgehead atoms. The summed E-state index contributed by atoms with van der Waals surface area (Å²) in [5.74, 6) is 0.536. The Morgan fingerprint density at radius 1 is 1.40 bits per heavy atom. The Hall–Kier alpha value is -2.04. The fraction of sp³-hybridized carbons (Fsp3) is 0.467. The van der Waals surface area contributed by atoms with Gasteiger partial charge in [-0.25, -0.2) is 4.98 Å². The van der Waals surface area contributed by atoms with E-state index in [1.165, 1.54) is 0 Å². The quantitative estimate of drug-likeness (QED) is 0.500. The number of nitrogens with zero attached hydrogens (tertiary/aromatic N) is 2. The van der Waals surface area contributed by atoms with Crippen LogP contribution >= 0.6 is 0 Å². The van der Waals surface area contributed by atoms with Crippen LogP contribution in [-0.4, -0.2) is 22.1 Å². The average Bonchev–Trinajstić information content (AvgIpc) is 2.74. The molecule has 20 heavy (non-hydrogen) atoms. The Labute approximate surface area is 118 Å². The van der Waals surface area contributed by atoms with E-state index in [4.69, 9.17) is 10.5 Å². The van der Waals surface area contributed by atoms with Crippen molar-refractivity contribution in [2.24, 2.45) is 0 Å². The Morgan fingerprint density at radius 3 is 2.95 bits per heavy atom. The van der Waals surface area contributed by atoms with Gasteiger partial charge in [-0.15, -0.1) is 0 Å². The summed E-state index contributed by atoms with van der Waals surface area (Å²) in [5, 5.41) is 0. The molecule has 0 aliphatic rings. The number of nitrogens with two attached hydrogens (primary N) is 1. The lowest BCUT2D eigenvalue weighted by molar-refractivity contribution is -0.144. The largest absolute Gasteiger partial charge is 0.464 e. The summed E-state index contributed by atoms with van der Waals surface area (Å²) in [6.07, 6.45) is 3.11. The SMILES string of the molecule is CCCCCOC(=O)Cn1c(C)nc2c(N)cccc21. The van der Waals surface area contributed by atoms with Gasteiger partial charge in [0.25, 0.3) is 0 Å². The molecule has 0 aliphatic carbocycles. The van der Waals surface area contributed by atoms with Crippen LogP contribution in [0.25, 0.3) is 11.0 Å². The van der Waals surface area contributed by atoms with Crippen molar-refractivity contribution in [1.29, 1.82) is 0 Å². The van der Waals surface area contributed by atoms with Crippen LogP contribution in [0.1, 0.15) is 32.0 Å². The van der Waals surface area contributed by atoms with E-state index in [9.17, 15) is 4.79 Å². The molecule has 2 aromatic rings. The fourth-order valence-electron chi connectivity index (χ4n) is 2.20. The molecule has 0 saturated carbocycles. The van der Waals surface area contributed by atoms with Gasteiger partial charge in [0, 0.05) is 0 Å². The molecule has 2 rings (SSSR count). The molecular formula is C15H21N3O2. The maximum atomic E-state index is 11.9. The number of carbonyl (C=O) groups excluding carboxylic acids is 1. The van der Waals surface area contributed by atoms with Gasteiger partial charge >= 0.3 is 5.97 Å². The lowest BCUT2D eigenvalue weighted by Crippen LogP contribution is -2.15. The number of anilines is 1. The number of nitrogen functional groups attached to an aromatic ring is 1. The van der Waals surface area contributed by atoms with E-state index < -0.39 is 0 Å². The molecule has 0 aliphatic heterocycles. The number of para-hydroxylation sites is 1. The lowest BCUT2D eigenvalue weighted by atomic mass is 10.2. The molecule has 5 heteroatoms. The van der Waals surface area contributed by atoms with Gasteiger partial charge in [0.2, 0.25) is 0 Å². The zero-order chi connectivity index (χ0) is 14.5. The summed E-state index contributed by atoms with van der Waals surface area (Å²) in [7, 11) is 0. The van der Waals surface area contributed by atoms with Crippen LogP contribution in [0.4, 0.5) is 5.69 Å². The van der Waals surface area contributed by atoms with Crippen molar-refractivity contribution in [2.75, 3.05) is 12.3 Å². The van der Waals surface area contributed by atoms with Gasteiger partial charge in [0.05, 0.1) is 17.8 Å². The smallest absolute Gasteiger partial charge is 0.326 e. The number of esters is 1. The predicted octanol–water partition coefficient (Wildman–Crippen LogP) is 2.66. The van der Waals surface area contributed by atoms with Crippen molar-refractivity contribution in [3.63, 3.8) is 0 Å². The molecule has 0 fully saturated rings. The minimum atomic E-state index is -0.231. The second-order valence-electron chi connectivity index (χ2n) is 4.89. The van der Waals surface area contributed by atoms with Gasteiger partial charge in [-0.2, -0.15) is 0 Å². The first-order chi connectivity index (χ1) is 9.63. The molecular weight excluding hydrogens is 254 g/mol. The number of benzene rings is 1. The molecule has 0 radical (unpaired) electrons. The van der Waals surface area contributed by atoms with E-state index in [1.54, 1.807) is 0 Å². The van der Waals surface area contributed by atoms with Crippen molar-refractivity contribution in [3.8, 4) is 0 Å². The number of hydrogen-bond donors (Lipinski definition) is 1. The number of hydrogen-bond acceptors (Lipinski definition) is 4. The Kier molecular flexibility index (Phi) is 4.61. The van der Waals surface area contributed by atoms with Gasteiger partial charge in [0.15, 0.2) is 0 Å². The highest BCUT2D eigenvalue weighted by Gasteiger charge is 2.13. The van der Waals surface area contributed by atoms with Crippen molar-refractivity contribution in [3.05, 3.63) is 24.0 Å². The highest BCUT2D eigenvalue weighted by molar-refractivity contribution is 5.88. The van der Waals surface area contributed by atoms with Crippen LogP contribution in [0.2, 0.25) is 0 Å². The molecule has 2 N–H and O–H groups in total. The van der Waals surface area contributed by atoms with Crippen LogP contribution in [0.3, 0.4) is 0 Å². The first kappa shape index (κ1) is 14.4. The second-order valence-corrected chi connectivity index (χ2v) is 4.89. The summed E-state index contributed by atoms with van der Waals surface area (Å²) in [6, 6.07) is 5.58. The van der Waals surface area contributed by atoms with Gasteiger partial charge < -0.3 is 15.0 Å². The summed E-state index contributed by atoms with van der Waals surface area (Å²) in [6.45, 7) is 4.65. The summed E-state index contributed by atoms with van der Waals surface area (Å²) in [4.78, 5) is 16.3. The predicted molar refractivity (Wildman–Crippen MR) is 79.4 cm³/mol. The highest BCUT2D eigenvalue weighted by atomic mass is 16.5. The minimum absolute atomic E-state index is 0.178. The van der Waals surface area contributed by atoms with Crippen LogP contribution in [0.5, 0.6) is 0 Å². The second kappa shape index (κ2) is 6.41. The number of aryl methyl sites for hydroxylation is 1. The number of imidazole rings is 1. The Bertz CT molecular complexity index is 604. The first-order valence-electron chi connectivity index (χ1n) is 7.00. The molecule has 1 aromatic carbocycles. The maximum absolute atomic E-state index is 11.9. The van der Waals surface area contributed by atoms with E-state index in [2.05, 4.69) is 11.9 Å². The number of fused-ring (bicyclic) bond motifs is 1. The summed E-state index contributed by atoms with van der Waals surface area (Å²) >= 11 is 0. The monoisotopic (exact) mass is 275 g/mol. The van der Waals surface area contributed by atoms with Crippen molar-refractivity contribution >= 4 is 22.7 Å². The zero-order valence-electron chi connectivity index (χ0n) is 12.1. The third-order valence-corrected chi connectivity index (χ3v) is 3.30. The molecule has 108 valence electrons. The van der Waals surface area contributed by atoms with E-state index in [-0.39, 0.29) is 12.5 Å². The molecule has 1 aromatic heterocycles. The molecule has 0 unspecified atom stereocenters.